The van der Waals surface area contributed by atoms with Crippen molar-refractivity contribution in [3.05, 3.63) is 65.7 Å². The number of benzene rings is 2. The lowest BCUT2D eigenvalue weighted by atomic mass is 9.88. The zero-order valence-corrected chi connectivity index (χ0v) is 11.9. The smallest absolute Gasteiger partial charge is 0.242 e. The molecule has 21 heavy (non-hydrogen) atoms. The third-order valence-electron chi connectivity index (χ3n) is 3.88. The summed E-state index contributed by atoms with van der Waals surface area (Å²) in [6, 6.07) is 17.1. The number of β-lactam (4-membered cyclic amide) rings is 1. The van der Waals surface area contributed by atoms with Crippen LogP contribution in [0.1, 0.15) is 17.2 Å². The number of likely N-dealkylation sites (tertiary alicyclic amines) is 1. The molecule has 0 aliphatic carbocycles. The van der Waals surface area contributed by atoms with Crippen molar-refractivity contribution in [1.82, 2.24) is 4.90 Å². The Balaban J connectivity index is 1.84. The summed E-state index contributed by atoms with van der Waals surface area (Å²) in [5, 5.41) is 0. The van der Waals surface area contributed by atoms with Gasteiger partial charge in [-0.1, -0.05) is 42.5 Å². The quantitative estimate of drug-likeness (QED) is 0.874. The summed E-state index contributed by atoms with van der Waals surface area (Å²) in [5.74, 6) is 0.769. The first-order valence-electron chi connectivity index (χ1n) is 6.94. The van der Waals surface area contributed by atoms with Gasteiger partial charge in [0, 0.05) is 6.54 Å². The maximum absolute atomic E-state index is 12.1. The predicted octanol–water partition coefficient (Wildman–Crippen LogP) is 2.11. The number of nitrogens with two attached hydrogens (primary N) is 1. The number of amides is 1. The highest BCUT2D eigenvalue weighted by Crippen LogP contribution is 2.36. The SMILES string of the molecule is COc1cccc([C@@H]2[C@H](N)C(=O)N2Cc2ccccc2)c1. The van der Waals surface area contributed by atoms with Crippen molar-refractivity contribution in [2.45, 2.75) is 18.6 Å². The zero-order valence-electron chi connectivity index (χ0n) is 11.9. The Morgan fingerprint density at radius 2 is 1.90 bits per heavy atom. The van der Waals surface area contributed by atoms with Gasteiger partial charge in [-0.15, -0.1) is 0 Å². The molecule has 108 valence electrons. The van der Waals surface area contributed by atoms with Crippen molar-refractivity contribution < 1.29 is 9.53 Å². The molecule has 0 spiro atoms. The molecule has 3 rings (SSSR count). The van der Waals surface area contributed by atoms with Crippen LogP contribution in [0.15, 0.2) is 54.6 Å². The highest BCUT2D eigenvalue weighted by molar-refractivity contribution is 5.89. The minimum absolute atomic E-state index is 0.00771. The summed E-state index contributed by atoms with van der Waals surface area (Å²) in [5.41, 5.74) is 8.12. The van der Waals surface area contributed by atoms with Crippen molar-refractivity contribution >= 4 is 5.91 Å². The van der Waals surface area contributed by atoms with Gasteiger partial charge in [0.1, 0.15) is 11.8 Å². The Morgan fingerprint density at radius 3 is 2.62 bits per heavy atom. The normalized spacial score (nSPS) is 21.0. The molecule has 0 bridgehead atoms. The molecule has 1 aliphatic heterocycles. The number of ether oxygens (including phenoxy) is 1. The first-order chi connectivity index (χ1) is 10.2. The average Bonchev–Trinajstić information content (AvgIpc) is 2.55. The first kappa shape index (κ1) is 13.6. The molecule has 2 N–H and O–H groups in total. The summed E-state index contributed by atoms with van der Waals surface area (Å²) >= 11 is 0. The Hall–Kier alpha value is -2.33. The van der Waals surface area contributed by atoms with Gasteiger partial charge in [-0.3, -0.25) is 4.79 Å². The fraction of sp³-hybridized carbons (Fsp3) is 0.235. The first-order valence-corrected chi connectivity index (χ1v) is 6.94. The van der Waals surface area contributed by atoms with E-state index in [2.05, 4.69) is 0 Å². The Labute approximate surface area is 124 Å². The van der Waals surface area contributed by atoms with Gasteiger partial charge >= 0.3 is 0 Å². The van der Waals surface area contributed by atoms with E-state index in [-0.39, 0.29) is 11.9 Å². The van der Waals surface area contributed by atoms with E-state index in [1.165, 1.54) is 0 Å². The Kier molecular flexibility index (Phi) is 3.62. The fourth-order valence-electron chi connectivity index (χ4n) is 2.74. The second-order valence-corrected chi connectivity index (χ2v) is 5.20. The van der Waals surface area contributed by atoms with E-state index in [1.54, 1.807) is 7.11 Å². The van der Waals surface area contributed by atoms with Crippen LogP contribution in [0.5, 0.6) is 5.75 Å². The van der Waals surface area contributed by atoms with Gasteiger partial charge in [-0.05, 0) is 23.3 Å². The van der Waals surface area contributed by atoms with E-state index >= 15 is 0 Å². The monoisotopic (exact) mass is 282 g/mol. The van der Waals surface area contributed by atoms with Crippen LogP contribution >= 0.6 is 0 Å². The zero-order chi connectivity index (χ0) is 14.8. The van der Waals surface area contributed by atoms with Gasteiger partial charge in [-0.2, -0.15) is 0 Å². The highest BCUT2D eigenvalue weighted by atomic mass is 16.5. The van der Waals surface area contributed by atoms with Crippen molar-refractivity contribution in [1.29, 1.82) is 0 Å². The lowest BCUT2D eigenvalue weighted by Crippen LogP contribution is -2.62. The van der Waals surface area contributed by atoms with Crippen LogP contribution in [0.2, 0.25) is 0 Å². The van der Waals surface area contributed by atoms with Crippen LogP contribution in [0.3, 0.4) is 0 Å². The van der Waals surface area contributed by atoms with Crippen molar-refractivity contribution in [3.63, 3.8) is 0 Å². The summed E-state index contributed by atoms with van der Waals surface area (Å²) < 4.78 is 5.24. The van der Waals surface area contributed by atoms with Crippen molar-refractivity contribution in [2.75, 3.05) is 7.11 Å². The molecule has 1 fully saturated rings. The summed E-state index contributed by atoms with van der Waals surface area (Å²) in [6.07, 6.45) is 0. The number of rotatable bonds is 4. The van der Waals surface area contributed by atoms with E-state index < -0.39 is 6.04 Å². The van der Waals surface area contributed by atoms with Crippen LogP contribution in [-0.2, 0) is 11.3 Å². The lowest BCUT2D eigenvalue weighted by Gasteiger charge is -2.45. The molecule has 0 radical (unpaired) electrons. The number of carbonyl (C=O) groups excluding carboxylic acids is 1. The van der Waals surface area contributed by atoms with Gasteiger partial charge in [-0.25, -0.2) is 0 Å². The molecule has 2 atom stereocenters. The van der Waals surface area contributed by atoms with Gasteiger partial charge in [0.2, 0.25) is 5.91 Å². The molecule has 1 saturated heterocycles. The second-order valence-electron chi connectivity index (χ2n) is 5.20. The van der Waals surface area contributed by atoms with E-state index in [0.717, 1.165) is 16.9 Å². The van der Waals surface area contributed by atoms with Crippen LogP contribution < -0.4 is 10.5 Å². The summed E-state index contributed by atoms with van der Waals surface area (Å²) in [6.45, 7) is 0.579. The van der Waals surface area contributed by atoms with Crippen LogP contribution in [0, 0.1) is 0 Å². The van der Waals surface area contributed by atoms with Crippen molar-refractivity contribution in [2.24, 2.45) is 5.73 Å². The van der Waals surface area contributed by atoms with E-state index in [1.807, 2.05) is 59.5 Å². The largest absolute Gasteiger partial charge is 0.497 e. The lowest BCUT2D eigenvalue weighted by molar-refractivity contribution is -0.150. The number of nitrogens with zero attached hydrogens (tertiary/aromatic N) is 1. The summed E-state index contributed by atoms with van der Waals surface area (Å²) in [4.78, 5) is 13.9. The number of hydrogen-bond donors (Lipinski definition) is 1. The van der Waals surface area contributed by atoms with Crippen LogP contribution in [0.4, 0.5) is 0 Å². The third kappa shape index (κ3) is 2.50. The van der Waals surface area contributed by atoms with E-state index in [4.69, 9.17) is 10.5 Å². The molecule has 1 amide bonds. The molecular formula is C17H18N2O2. The Morgan fingerprint density at radius 1 is 1.14 bits per heavy atom. The molecular weight excluding hydrogens is 264 g/mol. The van der Waals surface area contributed by atoms with Gasteiger partial charge < -0.3 is 15.4 Å². The topological polar surface area (TPSA) is 55.6 Å². The molecule has 0 aromatic heterocycles. The number of carbonyl (C=O) groups is 1. The number of methoxy groups -OCH3 is 1. The summed E-state index contributed by atoms with van der Waals surface area (Å²) in [7, 11) is 1.63. The van der Waals surface area contributed by atoms with Gasteiger partial charge in [0.15, 0.2) is 0 Å². The fourth-order valence-corrected chi connectivity index (χ4v) is 2.74. The molecule has 1 heterocycles. The van der Waals surface area contributed by atoms with E-state index in [0.29, 0.717) is 6.54 Å². The molecule has 0 unspecified atom stereocenters. The standard InChI is InChI=1S/C17H18N2O2/c1-21-14-9-5-8-13(10-14)16-15(18)17(20)19(16)11-12-6-3-2-4-7-12/h2-10,15-16H,11,18H2,1H3/t15-,16+/m0/s1. The highest BCUT2D eigenvalue weighted by Gasteiger charge is 2.45. The van der Waals surface area contributed by atoms with Gasteiger partial charge in [0.05, 0.1) is 13.2 Å². The predicted molar refractivity (Wildman–Crippen MR) is 80.7 cm³/mol. The van der Waals surface area contributed by atoms with E-state index in [9.17, 15) is 4.79 Å². The molecule has 0 saturated carbocycles. The third-order valence-corrected chi connectivity index (χ3v) is 3.88. The maximum atomic E-state index is 12.1. The van der Waals surface area contributed by atoms with Gasteiger partial charge in [0.25, 0.3) is 0 Å². The minimum Gasteiger partial charge on any atom is -0.497 e. The van der Waals surface area contributed by atoms with Crippen LogP contribution in [-0.4, -0.2) is 24.0 Å². The maximum Gasteiger partial charge on any atom is 0.242 e. The average molecular weight is 282 g/mol. The second kappa shape index (κ2) is 5.58. The molecule has 4 nitrogen and oxygen atoms in total. The van der Waals surface area contributed by atoms with Crippen molar-refractivity contribution in [3.8, 4) is 5.75 Å². The molecule has 2 aromatic rings. The molecule has 4 heteroatoms. The number of hydrogen-bond acceptors (Lipinski definition) is 3. The minimum atomic E-state index is -0.471. The Bertz CT molecular complexity index is 642. The van der Waals surface area contributed by atoms with Crippen LogP contribution in [0.25, 0.3) is 0 Å². The molecule has 1 aliphatic rings. The molecule has 2 aromatic carbocycles.